The van der Waals surface area contributed by atoms with E-state index in [4.69, 9.17) is 0 Å². The molecular weight excluding hydrogens is 364 g/mol. The van der Waals surface area contributed by atoms with Crippen molar-refractivity contribution in [1.82, 2.24) is 0 Å². The number of benzene rings is 3. The van der Waals surface area contributed by atoms with E-state index in [-0.39, 0.29) is 0 Å². The van der Waals surface area contributed by atoms with E-state index in [9.17, 15) is 0 Å². The molecule has 0 amide bonds. The minimum Gasteiger partial charge on any atom is -0.356 e. The van der Waals surface area contributed by atoms with Crippen molar-refractivity contribution in [3.63, 3.8) is 0 Å². The fourth-order valence-electron chi connectivity index (χ4n) is 3.51. The normalized spacial score (nSPS) is 13.3. The third-order valence-electron chi connectivity index (χ3n) is 5.35. The molecule has 0 saturated heterocycles. The van der Waals surface area contributed by atoms with Gasteiger partial charge in [0.05, 0.1) is 0 Å². The second-order valence-corrected chi connectivity index (χ2v) is 7.90. The van der Waals surface area contributed by atoms with Crippen LogP contribution in [0.4, 0.5) is 17.1 Å². The third-order valence-corrected chi connectivity index (χ3v) is 5.35. The monoisotopic (exact) mass is 392 g/mol. The Hall–Kier alpha value is -3.52. The Bertz CT molecular complexity index is 1110. The zero-order chi connectivity index (χ0) is 20.9. The highest BCUT2D eigenvalue weighted by molar-refractivity contribution is 5.78. The van der Waals surface area contributed by atoms with Crippen LogP contribution in [0, 0.1) is 20.8 Å². The molecule has 0 radical (unpaired) electrons. The molecule has 0 saturated carbocycles. The summed E-state index contributed by atoms with van der Waals surface area (Å²) in [4.78, 5) is 0. The summed E-state index contributed by atoms with van der Waals surface area (Å²) in [7, 11) is 0. The van der Waals surface area contributed by atoms with Crippen LogP contribution in [-0.4, -0.2) is 0 Å². The Labute approximate surface area is 179 Å². The smallest absolute Gasteiger partial charge is 0.0414 e. The van der Waals surface area contributed by atoms with Crippen LogP contribution in [0.5, 0.6) is 0 Å². The van der Waals surface area contributed by atoms with Crippen molar-refractivity contribution in [3.8, 4) is 0 Å². The molecule has 0 bridgehead atoms. The van der Waals surface area contributed by atoms with Crippen molar-refractivity contribution in [3.05, 3.63) is 119 Å². The molecule has 0 aromatic heterocycles. The maximum atomic E-state index is 3.52. The summed E-state index contributed by atoms with van der Waals surface area (Å²) in [6, 6.07) is 23.6. The highest BCUT2D eigenvalue weighted by Crippen LogP contribution is 2.27. The zero-order valence-corrected chi connectivity index (χ0v) is 17.9. The lowest BCUT2D eigenvalue weighted by Gasteiger charge is -2.12. The van der Waals surface area contributed by atoms with E-state index in [2.05, 4.69) is 122 Å². The van der Waals surface area contributed by atoms with E-state index in [1.54, 1.807) is 0 Å². The summed E-state index contributed by atoms with van der Waals surface area (Å²) in [5.74, 6) is 0. The van der Waals surface area contributed by atoms with Gasteiger partial charge in [-0.25, -0.2) is 0 Å². The topological polar surface area (TPSA) is 24.1 Å². The SMILES string of the molecule is Cc1ccc(NC2=CCC=C(c3ccc(Nc4ccc(C)cc4)c(C)c3)C=C2)cc1. The van der Waals surface area contributed by atoms with Gasteiger partial charge in [0.25, 0.3) is 0 Å². The third kappa shape index (κ3) is 4.90. The molecule has 2 heteroatoms. The van der Waals surface area contributed by atoms with Crippen molar-refractivity contribution in [2.75, 3.05) is 10.6 Å². The van der Waals surface area contributed by atoms with Gasteiger partial charge in [0.1, 0.15) is 0 Å². The standard InChI is InChI=1S/C28H28N2/c1-20-7-13-26(14-8-20)29-25-6-4-5-23(11-17-25)24-12-18-28(22(3)19-24)30-27-15-9-21(2)10-16-27/h5-19,29-30H,4H2,1-3H3. The van der Waals surface area contributed by atoms with E-state index in [1.165, 1.54) is 27.8 Å². The number of hydrogen-bond donors (Lipinski definition) is 2. The molecule has 3 aromatic rings. The lowest BCUT2D eigenvalue weighted by molar-refractivity contribution is 1.34. The lowest BCUT2D eigenvalue weighted by atomic mass is 10.0. The van der Waals surface area contributed by atoms with Crippen molar-refractivity contribution in [2.24, 2.45) is 0 Å². The molecule has 0 aliphatic heterocycles. The van der Waals surface area contributed by atoms with Crippen LogP contribution in [0.25, 0.3) is 5.57 Å². The molecule has 0 fully saturated rings. The van der Waals surface area contributed by atoms with Gasteiger partial charge >= 0.3 is 0 Å². The van der Waals surface area contributed by atoms with Crippen molar-refractivity contribution < 1.29 is 0 Å². The first-order chi connectivity index (χ1) is 14.6. The fourth-order valence-corrected chi connectivity index (χ4v) is 3.51. The van der Waals surface area contributed by atoms with Crippen LogP contribution in [0.3, 0.4) is 0 Å². The Morgan fingerprint density at radius 1 is 0.633 bits per heavy atom. The minimum absolute atomic E-state index is 0.902. The van der Waals surface area contributed by atoms with E-state index in [1.807, 2.05) is 0 Å². The minimum atomic E-state index is 0.902. The van der Waals surface area contributed by atoms with Gasteiger partial charge in [-0.1, -0.05) is 59.7 Å². The average molecular weight is 393 g/mol. The van der Waals surface area contributed by atoms with E-state index >= 15 is 0 Å². The maximum Gasteiger partial charge on any atom is 0.0414 e. The molecule has 1 aliphatic carbocycles. The second kappa shape index (κ2) is 8.87. The molecule has 0 unspecified atom stereocenters. The summed E-state index contributed by atoms with van der Waals surface area (Å²) in [6.45, 7) is 6.37. The second-order valence-electron chi connectivity index (χ2n) is 7.90. The van der Waals surface area contributed by atoms with Gasteiger partial charge in [-0.05, 0) is 86.4 Å². The van der Waals surface area contributed by atoms with Crippen LogP contribution in [-0.2, 0) is 0 Å². The molecule has 30 heavy (non-hydrogen) atoms. The van der Waals surface area contributed by atoms with Gasteiger partial charge in [0.2, 0.25) is 0 Å². The van der Waals surface area contributed by atoms with Crippen molar-refractivity contribution in [1.29, 1.82) is 0 Å². The number of hydrogen-bond acceptors (Lipinski definition) is 2. The van der Waals surface area contributed by atoms with Gasteiger partial charge in [0.15, 0.2) is 0 Å². The molecule has 4 rings (SSSR count). The average Bonchev–Trinajstić information content (AvgIpc) is 2.98. The first kappa shape index (κ1) is 19.8. The predicted molar refractivity (Wildman–Crippen MR) is 130 cm³/mol. The number of rotatable bonds is 5. The molecule has 2 N–H and O–H groups in total. The fraction of sp³-hybridized carbons (Fsp3) is 0.143. The molecule has 2 nitrogen and oxygen atoms in total. The van der Waals surface area contributed by atoms with Crippen molar-refractivity contribution >= 4 is 22.6 Å². The molecule has 0 spiro atoms. The first-order valence-electron chi connectivity index (χ1n) is 10.4. The summed E-state index contributed by atoms with van der Waals surface area (Å²) >= 11 is 0. The largest absolute Gasteiger partial charge is 0.356 e. The number of allylic oxidation sites excluding steroid dienone is 5. The van der Waals surface area contributed by atoms with Crippen LogP contribution in [0.1, 0.15) is 28.7 Å². The highest BCUT2D eigenvalue weighted by atomic mass is 14.9. The Morgan fingerprint density at radius 3 is 1.90 bits per heavy atom. The number of anilines is 3. The number of aryl methyl sites for hydroxylation is 3. The quantitative estimate of drug-likeness (QED) is 0.465. The van der Waals surface area contributed by atoms with E-state index < -0.39 is 0 Å². The van der Waals surface area contributed by atoms with Crippen LogP contribution in [0.15, 0.2) is 96.7 Å². The molecule has 0 atom stereocenters. The number of nitrogens with one attached hydrogen (secondary N) is 2. The molecule has 1 aliphatic rings. The summed E-state index contributed by atoms with van der Waals surface area (Å²) < 4.78 is 0. The van der Waals surface area contributed by atoms with Gasteiger partial charge in [-0.15, -0.1) is 0 Å². The molecular formula is C28H28N2. The molecule has 0 heterocycles. The Morgan fingerprint density at radius 2 is 1.27 bits per heavy atom. The Balaban J connectivity index is 1.46. The van der Waals surface area contributed by atoms with Gasteiger partial charge < -0.3 is 10.6 Å². The van der Waals surface area contributed by atoms with Crippen LogP contribution >= 0.6 is 0 Å². The zero-order valence-electron chi connectivity index (χ0n) is 17.9. The summed E-state index contributed by atoms with van der Waals surface area (Å²) in [5, 5.41) is 7.03. The van der Waals surface area contributed by atoms with Gasteiger partial charge in [-0.3, -0.25) is 0 Å². The highest BCUT2D eigenvalue weighted by Gasteiger charge is 2.06. The first-order valence-corrected chi connectivity index (χ1v) is 10.4. The molecule has 150 valence electrons. The maximum absolute atomic E-state index is 3.52. The summed E-state index contributed by atoms with van der Waals surface area (Å²) in [6.07, 6.45) is 9.76. The van der Waals surface area contributed by atoms with Crippen LogP contribution in [0.2, 0.25) is 0 Å². The predicted octanol–water partition coefficient (Wildman–Crippen LogP) is 7.69. The van der Waals surface area contributed by atoms with Gasteiger partial charge in [-0.2, -0.15) is 0 Å². The van der Waals surface area contributed by atoms with E-state index in [0.29, 0.717) is 0 Å². The summed E-state index contributed by atoms with van der Waals surface area (Å²) in [5.41, 5.74) is 10.7. The van der Waals surface area contributed by atoms with E-state index in [0.717, 1.165) is 29.2 Å². The van der Waals surface area contributed by atoms with Gasteiger partial charge in [0, 0.05) is 22.8 Å². The lowest BCUT2D eigenvalue weighted by Crippen LogP contribution is -1.96. The molecule has 3 aromatic carbocycles. The van der Waals surface area contributed by atoms with Crippen molar-refractivity contribution in [2.45, 2.75) is 27.2 Å². The Kier molecular flexibility index (Phi) is 5.85. The van der Waals surface area contributed by atoms with Crippen LogP contribution < -0.4 is 10.6 Å².